The third kappa shape index (κ3) is 1.74. The summed E-state index contributed by atoms with van der Waals surface area (Å²) in [5.74, 6) is -1.19. The molecule has 2 heterocycles. The molecule has 1 saturated heterocycles. The maximum Gasteiger partial charge on any atom is 0.352 e. The first kappa shape index (κ1) is 11.8. The van der Waals surface area contributed by atoms with Gasteiger partial charge in [-0.05, 0) is 11.1 Å². The summed E-state index contributed by atoms with van der Waals surface area (Å²) in [6.45, 7) is -0.0448. The van der Waals surface area contributed by atoms with Gasteiger partial charge in [-0.2, -0.15) is 0 Å². The van der Waals surface area contributed by atoms with Crippen molar-refractivity contribution in [2.45, 2.75) is 11.4 Å². The molecule has 0 unspecified atom stereocenters. The monoisotopic (exact) mass is 255 g/mol. The fourth-order valence-electron chi connectivity index (χ4n) is 1.82. The van der Waals surface area contributed by atoms with Gasteiger partial charge in [0.2, 0.25) is 5.91 Å². The normalized spacial score (nSPS) is 27.1. The van der Waals surface area contributed by atoms with Crippen molar-refractivity contribution in [2.24, 2.45) is 10.8 Å². The Hall–Kier alpha value is -1.70. The maximum absolute atomic E-state index is 11.5. The van der Waals surface area contributed by atoms with Crippen LogP contribution in [0.5, 0.6) is 0 Å². The molecule has 2 aliphatic rings. The molecule has 0 aromatic rings. The van der Waals surface area contributed by atoms with Crippen molar-refractivity contribution in [1.82, 2.24) is 4.90 Å². The number of carboxylic acid groups (broad SMARTS) is 1. The van der Waals surface area contributed by atoms with Crippen LogP contribution in [0, 0.1) is 0 Å². The van der Waals surface area contributed by atoms with Gasteiger partial charge in [-0.3, -0.25) is 9.69 Å². The van der Waals surface area contributed by atoms with Crippen LogP contribution in [0.25, 0.3) is 10.4 Å². The first-order valence-electron chi connectivity index (χ1n) is 4.74. The van der Waals surface area contributed by atoms with Gasteiger partial charge in [-0.1, -0.05) is 5.11 Å². The van der Waals surface area contributed by atoms with E-state index in [1.807, 2.05) is 0 Å². The molecule has 0 aromatic carbocycles. The zero-order valence-electron chi connectivity index (χ0n) is 8.61. The molecule has 90 valence electrons. The van der Waals surface area contributed by atoms with Crippen molar-refractivity contribution in [1.29, 1.82) is 0 Å². The van der Waals surface area contributed by atoms with Gasteiger partial charge < -0.3 is 10.8 Å². The van der Waals surface area contributed by atoms with E-state index in [0.29, 0.717) is 11.3 Å². The number of amides is 1. The van der Waals surface area contributed by atoms with Crippen LogP contribution in [0.3, 0.4) is 0 Å². The molecular weight excluding hydrogens is 246 g/mol. The summed E-state index contributed by atoms with van der Waals surface area (Å²) in [6, 6.07) is -0.643. The Morgan fingerprint density at radius 3 is 3.06 bits per heavy atom. The molecule has 0 bridgehead atoms. The lowest BCUT2D eigenvalue weighted by Gasteiger charge is -2.47. The van der Waals surface area contributed by atoms with E-state index in [2.05, 4.69) is 10.0 Å². The number of nitrogens with zero attached hydrogens (tertiary/aromatic N) is 4. The van der Waals surface area contributed by atoms with Crippen molar-refractivity contribution < 1.29 is 14.7 Å². The van der Waals surface area contributed by atoms with Crippen molar-refractivity contribution in [3.63, 3.8) is 0 Å². The number of aliphatic carboxylic acids is 1. The second-order valence-corrected chi connectivity index (χ2v) is 4.69. The minimum Gasteiger partial charge on any atom is -0.477 e. The van der Waals surface area contributed by atoms with Gasteiger partial charge in [0.1, 0.15) is 17.1 Å². The van der Waals surface area contributed by atoms with Gasteiger partial charge in [0, 0.05) is 10.7 Å². The lowest BCUT2D eigenvalue weighted by atomic mass is 10.0. The lowest BCUT2D eigenvalue weighted by molar-refractivity contribution is -0.147. The molecule has 8 nitrogen and oxygen atoms in total. The number of hydrogen-bond donors (Lipinski definition) is 2. The molecule has 3 N–H and O–H groups in total. The molecule has 0 aromatic heterocycles. The largest absolute Gasteiger partial charge is 0.477 e. The molecule has 9 heteroatoms. The third-order valence-corrected chi connectivity index (χ3v) is 3.98. The minimum absolute atomic E-state index is 0.0448. The average Bonchev–Trinajstić information content (AvgIpc) is 2.33. The number of hydrogen-bond acceptors (Lipinski definition) is 5. The van der Waals surface area contributed by atoms with Gasteiger partial charge in [-0.15, -0.1) is 11.8 Å². The van der Waals surface area contributed by atoms with Crippen LogP contribution in [0.15, 0.2) is 16.4 Å². The summed E-state index contributed by atoms with van der Waals surface area (Å²) in [6.07, 6.45) is 0. The highest BCUT2D eigenvalue weighted by Crippen LogP contribution is 2.39. The second-order valence-electron chi connectivity index (χ2n) is 3.58. The van der Waals surface area contributed by atoms with Gasteiger partial charge in [0.25, 0.3) is 0 Å². The standard InChI is InChI=1S/C8H9N5O3S/c9-4-6(14)13-5(8(15)16)3(1-11-12-10)2-17-7(4)13/h4,7H,1-2,9H2,(H,15,16)/t4-,7+/m1/s1. The molecule has 1 fully saturated rings. The lowest BCUT2D eigenvalue weighted by Crippen LogP contribution is -2.68. The molecule has 2 rings (SSSR count). The van der Waals surface area contributed by atoms with Crippen LogP contribution in [-0.4, -0.2) is 45.6 Å². The summed E-state index contributed by atoms with van der Waals surface area (Å²) in [7, 11) is 0. The summed E-state index contributed by atoms with van der Waals surface area (Å²) in [4.78, 5) is 26.4. The fraction of sp³-hybridized carbons (Fsp3) is 0.500. The quantitative estimate of drug-likeness (QED) is 0.314. The number of thioether (sulfide) groups is 1. The number of carboxylic acids is 1. The van der Waals surface area contributed by atoms with Gasteiger partial charge in [-0.25, -0.2) is 4.79 Å². The van der Waals surface area contributed by atoms with E-state index in [1.54, 1.807) is 0 Å². The molecular formula is C8H9N5O3S. The Bertz CT molecular complexity index is 470. The molecule has 1 amide bonds. The summed E-state index contributed by atoms with van der Waals surface area (Å²) in [5, 5.41) is 12.1. The number of nitrogens with two attached hydrogens (primary N) is 1. The Balaban J connectivity index is 2.36. The number of rotatable bonds is 3. The number of carbonyl (C=O) groups is 2. The molecule has 0 radical (unpaired) electrons. The Morgan fingerprint density at radius 2 is 2.47 bits per heavy atom. The molecule has 17 heavy (non-hydrogen) atoms. The summed E-state index contributed by atoms with van der Waals surface area (Å²) in [5.41, 5.74) is 14.2. The smallest absolute Gasteiger partial charge is 0.352 e. The van der Waals surface area contributed by atoms with Crippen LogP contribution >= 0.6 is 11.8 Å². The SMILES string of the molecule is [N-]=[N+]=NCC1=C(C(=O)O)N2C(=O)[C@@H](N)[C@@H]2SC1. The van der Waals surface area contributed by atoms with Crippen molar-refractivity contribution in [3.05, 3.63) is 21.7 Å². The third-order valence-electron chi connectivity index (χ3n) is 2.62. The molecule has 0 spiro atoms. The first-order valence-corrected chi connectivity index (χ1v) is 5.79. The zero-order chi connectivity index (χ0) is 12.6. The van der Waals surface area contributed by atoms with E-state index in [0.717, 1.165) is 0 Å². The van der Waals surface area contributed by atoms with E-state index in [-0.39, 0.29) is 17.6 Å². The highest BCUT2D eigenvalue weighted by atomic mass is 32.2. The Kier molecular flexibility index (Phi) is 2.97. The number of carbonyl (C=O) groups excluding carboxylic acids is 1. The van der Waals surface area contributed by atoms with Crippen LogP contribution < -0.4 is 5.73 Å². The molecule has 0 aliphatic carbocycles. The zero-order valence-corrected chi connectivity index (χ0v) is 9.42. The Labute approximate surface area is 100 Å². The van der Waals surface area contributed by atoms with Crippen LogP contribution in [-0.2, 0) is 9.59 Å². The highest BCUT2D eigenvalue weighted by molar-refractivity contribution is 8.00. The molecule has 2 atom stereocenters. The first-order chi connectivity index (χ1) is 8.07. The van der Waals surface area contributed by atoms with E-state index < -0.39 is 17.9 Å². The Morgan fingerprint density at radius 1 is 1.76 bits per heavy atom. The van der Waals surface area contributed by atoms with E-state index in [9.17, 15) is 9.59 Å². The summed E-state index contributed by atoms with van der Waals surface area (Å²) < 4.78 is 0. The van der Waals surface area contributed by atoms with Gasteiger partial charge in [0.05, 0.1) is 6.54 Å². The number of azide groups is 1. The average molecular weight is 255 g/mol. The summed E-state index contributed by atoms with van der Waals surface area (Å²) >= 11 is 1.38. The van der Waals surface area contributed by atoms with Gasteiger partial charge in [0.15, 0.2) is 0 Å². The minimum atomic E-state index is -1.20. The number of β-lactam (4-membered cyclic amide) rings is 1. The number of fused-ring (bicyclic) bond motifs is 1. The van der Waals surface area contributed by atoms with Crippen molar-refractivity contribution in [3.8, 4) is 0 Å². The second kappa shape index (κ2) is 4.28. The van der Waals surface area contributed by atoms with Crippen LogP contribution in [0.4, 0.5) is 0 Å². The van der Waals surface area contributed by atoms with E-state index in [4.69, 9.17) is 16.4 Å². The maximum atomic E-state index is 11.5. The fourth-order valence-corrected chi connectivity index (χ4v) is 3.10. The van der Waals surface area contributed by atoms with E-state index in [1.165, 1.54) is 16.7 Å². The predicted octanol–water partition coefficient (Wildman–Crippen LogP) is -0.122. The molecule has 0 saturated carbocycles. The van der Waals surface area contributed by atoms with E-state index >= 15 is 0 Å². The van der Waals surface area contributed by atoms with Crippen LogP contribution in [0.2, 0.25) is 0 Å². The van der Waals surface area contributed by atoms with Gasteiger partial charge >= 0.3 is 5.97 Å². The van der Waals surface area contributed by atoms with Crippen LogP contribution in [0.1, 0.15) is 0 Å². The van der Waals surface area contributed by atoms with Crippen molar-refractivity contribution >= 4 is 23.6 Å². The topological polar surface area (TPSA) is 132 Å². The molecule has 2 aliphatic heterocycles. The van der Waals surface area contributed by atoms with Crippen molar-refractivity contribution in [2.75, 3.05) is 12.3 Å². The highest BCUT2D eigenvalue weighted by Gasteiger charge is 2.51. The predicted molar refractivity (Wildman–Crippen MR) is 59.7 cm³/mol.